The summed E-state index contributed by atoms with van der Waals surface area (Å²) in [4.78, 5) is 38.2. The Labute approximate surface area is 203 Å². The zero-order chi connectivity index (χ0) is 24.2. The molecule has 9 heteroatoms. The van der Waals surface area contributed by atoms with Crippen LogP contribution in [0.15, 0.2) is 24.4 Å². The average Bonchev–Trinajstić information content (AvgIpc) is 3.14. The van der Waals surface area contributed by atoms with Gasteiger partial charge in [-0.25, -0.2) is 4.68 Å². The molecule has 1 aliphatic carbocycles. The van der Waals surface area contributed by atoms with Crippen molar-refractivity contribution in [2.75, 3.05) is 0 Å². The molecule has 0 spiro atoms. The molecule has 178 valence electrons. The van der Waals surface area contributed by atoms with E-state index in [1.165, 1.54) is 11.1 Å². The van der Waals surface area contributed by atoms with Crippen molar-refractivity contribution in [3.05, 3.63) is 51.3 Å². The number of hydrogen-bond acceptors (Lipinski definition) is 5. The van der Waals surface area contributed by atoms with Crippen molar-refractivity contribution in [2.24, 2.45) is 5.41 Å². The van der Waals surface area contributed by atoms with Crippen LogP contribution in [0, 0.1) is 5.41 Å². The van der Waals surface area contributed by atoms with Crippen molar-refractivity contribution in [3.8, 4) is 0 Å². The second kappa shape index (κ2) is 10.7. The lowest BCUT2D eigenvalue weighted by Crippen LogP contribution is -2.37. The van der Waals surface area contributed by atoms with E-state index in [4.69, 9.17) is 27.9 Å². The Kier molecular flexibility index (Phi) is 8.19. The van der Waals surface area contributed by atoms with Crippen molar-refractivity contribution in [3.63, 3.8) is 0 Å². The summed E-state index contributed by atoms with van der Waals surface area (Å²) in [6.07, 6.45) is 6.56. The fourth-order valence-corrected chi connectivity index (χ4v) is 4.33. The summed E-state index contributed by atoms with van der Waals surface area (Å²) in [7, 11) is 0. The van der Waals surface area contributed by atoms with Gasteiger partial charge in [-0.2, -0.15) is 5.10 Å². The zero-order valence-corrected chi connectivity index (χ0v) is 20.6. The van der Waals surface area contributed by atoms with Gasteiger partial charge in [0.1, 0.15) is 0 Å². The fraction of sp³-hybridized carbons (Fsp3) is 0.500. The van der Waals surface area contributed by atoms with Gasteiger partial charge in [-0.1, -0.05) is 48.5 Å². The summed E-state index contributed by atoms with van der Waals surface area (Å²) in [5.74, 6) is -1.08. The maximum Gasteiger partial charge on any atom is 0.313 e. The van der Waals surface area contributed by atoms with Crippen LogP contribution in [0.3, 0.4) is 0 Å². The molecule has 1 aromatic carbocycles. The first-order valence-electron chi connectivity index (χ1n) is 11.1. The molecule has 0 saturated heterocycles. The highest BCUT2D eigenvalue weighted by Crippen LogP contribution is 2.26. The highest BCUT2D eigenvalue weighted by atomic mass is 35.5. The molecule has 0 atom stereocenters. The highest BCUT2D eigenvalue weighted by Gasteiger charge is 2.26. The number of benzene rings is 1. The molecule has 0 aliphatic heterocycles. The van der Waals surface area contributed by atoms with Gasteiger partial charge in [-0.05, 0) is 45.7 Å². The highest BCUT2D eigenvalue weighted by molar-refractivity contribution is 6.39. The maximum absolute atomic E-state index is 13.0. The molecule has 1 fully saturated rings. The van der Waals surface area contributed by atoms with Crippen LogP contribution in [0.5, 0.6) is 0 Å². The fourth-order valence-electron chi connectivity index (χ4n) is 3.72. The van der Waals surface area contributed by atoms with E-state index in [2.05, 4.69) is 10.4 Å². The number of nitrogens with zero attached hydrogens (tertiary/aromatic N) is 2. The number of amides is 1. The monoisotopic (exact) mass is 493 g/mol. The molecule has 0 radical (unpaired) electrons. The molecule has 0 unspecified atom stereocenters. The minimum Gasteiger partial charge on any atom is -0.442 e. The molecule has 1 saturated carbocycles. The molecule has 1 aliphatic rings. The topological polar surface area (TPSA) is 90.3 Å². The van der Waals surface area contributed by atoms with E-state index in [0.29, 0.717) is 5.56 Å². The van der Waals surface area contributed by atoms with Gasteiger partial charge < -0.3 is 10.1 Å². The Bertz CT molecular complexity index is 1020. The Morgan fingerprint density at radius 2 is 1.76 bits per heavy atom. The predicted molar refractivity (Wildman–Crippen MR) is 127 cm³/mol. The number of ketones is 1. The predicted octanol–water partition coefficient (Wildman–Crippen LogP) is 5.22. The number of hydrogen-bond donors (Lipinski definition) is 1. The molecule has 2 aromatic rings. The molecular weight excluding hydrogens is 465 g/mol. The maximum atomic E-state index is 13.0. The second-order valence-corrected chi connectivity index (χ2v) is 10.2. The molecule has 1 aromatic heterocycles. The molecular formula is C24H29Cl2N3O4. The third-order valence-corrected chi connectivity index (χ3v) is 6.16. The van der Waals surface area contributed by atoms with E-state index in [0.717, 1.165) is 25.7 Å². The Morgan fingerprint density at radius 1 is 1.12 bits per heavy atom. The molecule has 7 nitrogen and oxygen atoms in total. The van der Waals surface area contributed by atoms with Crippen LogP contribution in [0.4, 0.5) is 0 Å². The molecule has 1 N–H and O–H groups in total. The van der Waals surface area contributed by atoms with Gasteiger partial charge in [0.05, 0.1) is 21.0 Å². The van der Waals surface area contributed by atoms with Gasteiger partial charge in [-0.15, -0.1) is 0 Å². The minimum absolute atomic E-state index is 0.0803. The average molecular weight is 494 g/mol. The lowest BCUT2D eigenvalue weighted by molar-refractivity contribution is -0.157. The molecule has 33 heavy (non-hydrogen) atoms. The van der Waals surface area contributed by atoms with E-state index >= 15 is 0 Å². The van der Waals surface area contributed by atoms with E-state index < -0.39 is 11.4 Å². The summed E-state index contributed by atoms with van der Waals surface area (Å²) >= 11 is 12.4. The van der Waals surface area contributed by atoms with Crippen LogP contribution in [0.1, 0.15) is 79.3 Å². The Hall–Kier alpha value is -2.38. The van der Waals surface area contributed by atoms with E-state index in [-0.39, 0.29) is 52.2 Å². The number of esters is 1. The number of Topliss-reactive ketones (excluding diaryl/α,β-unsaturated/α-hetero) is 1. The Morgan fingerprint density at radius 3 is 2.36 bits per heavy atom. The number of halogens is 2. The van der Waals surface area contributed by atoms with Crippen molar-refractivity contribution < 1.29 is 19.1 Å². The second-order valence-electron chi connectivity index (χ2n) is 9.36. The quantitative estimate of drug-likeness (QED) is 0.421. The lowest BCUT2D eigenvalue weighted by Gasteiger charge is -2.22. The molecule has 3 rings (SSSR count). The first-order chi connectivity index (χ1) is 15.6. The SMILES string of the molecule is CC(C)(C)C(=O)OCn1cc(CC(=O)c2c(Cl)cccc2Cl)c(C(=O)NC2CCCCC2)n1. The lowest BCUT2D eigenvalue weighted by atomic mass is 9.95. The number of carbonyl (C=O) groups is 3. The van der Waals surface area contributed by atoms with Crippen molar-refractivity contribution in [1.29, 1.82) is 0 Å². The summed E-state index contributed by atoms with van der Waals surface area (Å²) in [5.41, 5.74) is 0.0694. The van der Waals surface area contributed by atoms with Gasteiger partial charge >= 0.3 is 5.97 Å². The summed E-state index contributed by atoms with van der Waals surface area (Å²) in [6.45, 7) is 5.08. The van der Waals surface area contributed by atoms with Crippen molar-refractivity contribution in [2.45, 2.75) is 72.1 Å². The van der Waals surface area contributed by atoms with Crippen LogP contribution in [0.25, 0.3) is 0 Å². The van der Waals surface area contributed by atoms with E-state index in [9.17, 15) is 14.4 Å². The minimum atomic E-state index is -0.673. The molecule has 0 bridgehead atoms. The largest absolute Gasteiger partial charge is 0.442 e. The van der Waals surface area contributed by atoms with Gasteiger partial charge in [0, 0.05) is 24.2 Å². The Balaban J connectivity index is 1.84. The van der Waals surface area contributed by atoms with Gasteiger partial charge in [0.25, 0.3) is 5.91 Å². The van der Waals surface area contributed by atoms with Crippen molar-refractivity contribution >= 4 is 40.9 Å². The standard InChI is InChI=1S/C24H29Cl2N3O4/c1-24(2,3)23(32)33-14-29-13-15(12-19(30)20-17(25)10-7-11-18(20)26)21(28-29)22(31)27-16-8-5-4-6-9-16/h7,10-11,13,16H,4-6,8-9,12,14H2,1-3H3,(H,27,31). The number of aromatic nitrogens is 2. The van der Waals surface area contributed by atoms with Crippen LogP contribution < -0.4 is 5.32 Å². The normalized spacial score (nSPS) is 14.7. The van der Waals surface area contributed by atoms with Gasteiger partial charge in [-0.3, -0.25) is 14.4 Å². The van der Waals surface area contributed by atoms with E-state index in [1.807, 2.05) is 0 Å². The smallest absolute Gasteiger partial charge is 0.313 e. The zero-order valence-electron chi connectivity index (χ0n) is 19.1. The summed E-state index contributed by atoms with van der Waals surface area (Å²) in [5, 5.41) is 7.84. The number of ether oxygens (including phenoxy) is 1. The third-order valence-electron chi connectivity index (χ3n) is 5.53. The molecule has 1 heterocycles. The van der Waals surface area contributed by atoms with E-state index in [1.54, 1.807) is 45.2 Å². The molecule has 1 amide bonds. The number of carbonyl (C=O) groups excluding carboxylic acids is 3. The first kappa shape index (κ1) is 25.2. The third kappa shape index (κ3) is 6.58. The van der Waals surface area contributed by atoms with Crippen LogP contribution in [-0.4, -0.2) is 33.5 Å². The van der Waals surface area contributed by atoms with Crippen molar-refractivity contribution in [1.82, 2.24) is 15.1 Å². The number of nitrogens with one attached hydrogen (secondary N) is 1. The number of rotatable bonds is 7. The van der Waals surface area contributed by atoms with Crippen LogP contribution in [-0.2, 0) is 22.7 Å². The van der Waals surface area contributed by atoms with Gasteiger partial charge in [0.15, 0.2) is 18.2 Å². The first-order valence-corrected chi connectivity index (χ1v) is 11.8. The van der Waals surface area contributed by atoms with Crippen LogP contribution in [0.2, 0.25) is 10.0 Å². The summed E-state index contributed by atoms with van der Waals surface area (Å²) in [6, 6.07) is 4.92. The van der Waals surface area contributed by atoms with Crippen LogP contribution >= 0.6 is 23.2 Å². The summed E-state index contributed by atoms with van der Waals surface area (Å²) < 4.78 is 6.68. The van der Waals surface area contributed by atoms with Gasteiger partial charge in [0.2, 0.25) is 0 Å².